The summed E-state index contributed by atoms with van der Waals surface area (Å²) in [6.45, 7) is 5.67. The molecule has 7 nitrogen and oxygen atoms in total. The van der Waals surface area contributed by atoms with Gasteiger partial charge in [-0.25, -0.2) is 30.6 Å². The summed E-state index contributed by atoms with van der Waals surface area (Å²) < 4.78 is 4.83. The number of isocyanates is 3. The Morgan fingerprint density at radius 2 is 1.00 bits per heavy atom. The molecule has 0 aromatic rings. The summed E-state index contributed by atoms with van der Waals surface area (Å²) in [7, 11) is 0. The van der Waals surface area contributed by atoms with E-state index in [1.165, 1.54) is 0 Å². The first-order valence-corrected chi connectivity index (χ1v) is 3.35. The third-order valence-electron chi connectivity index (χ3n) is 0.408. The second-order valence-corrected chi connectivity index (χ2v) is 1.09. The SMILES string of the molecule is CCOCC.N=C=O.N=C=O.N=C=O. The molecule has 0 saturated carbocycles. The van der Waals surface area contributed by atoms with E-state index in [0.717, 1.165) is 31.5 Å². The molecule has 0 radical (unpaired) electrons. The van der Waals surface area contributed by atoms with Crippen molar-refractivity contribution in [2.24, 2.45) is 0 Å². The fourth-order valence-corrected chi connectivity index (χ4v) is 0.204. The van der Waals surface area contributed by atoms with Gasteiger partial charge in [-0.1, -0.05) is 0 Å². The van der Waals surface area contributed by atoms with Crippen molar-refractivity contribution in [1.82, 2.24) is 0 Å². The minimum Gasteiger partial charge on any atom is -0.382 e. The highest BCUT2D eigenvalue weighted by Crippen LogP contribution is 1.64. The van der Waals surface area contributed by atoms with E-state index in [1.54, 1.807) is 0 Å². The normalized spacial score (nSPS) is 4.71. The Morgan fingerprint density at radius 1 is 0.857 bits per heavy atom. The quantitative estimate of drug-likeness (QED) is 0.451. The van der Waals surface area contributed by atoms with Crippen LogP contribution in [-0.4, -0.2) is 31.5 Å². The molecule has 0 aromatic heterocycles. The van der Waals surface area contributed by atoms with Gasteiger partial charge in [0.1, 0.15) is 0 Å². The van der Waals surface area contributed by atoms with E-state index in [0.29, 0.717) is 0 Å². The Bertz CT molecular complexity index is 145. The van der Waals surface area contributed by atoms with Crippen molar-refractivity contribution >= 4 is 18.2 Å². The van der Waals surface area contributed by atoms with Gasteiger partial charge >= 0.3 is 0 Å². The van der Waals surface area contributed by atoms with Crippen molar-refractivity contribution in [2.75, 3.05) is 13.2 Å². The summed E-state index contributed by atoms with van der Waals surface area (Å²) in [6, 6.07) is 0. The first-order valence-electron chi connectivity index (χ1n) is 3.35. The van der Waals surface area contributed by atoms with Gasteiger partial charge in [-0.15, -0.1) is 0 Å². The van der Waals surface area contributed by atoms with Crippen molar-refractivity contribution in [3.63, 3.8) is 0 Å². The molecule has 0 amide bonds. The fourth-order valence-electron chi connectivity index (χ4n) is 0.204. The van der Waals surface area contributed by atoms with E-state index in [2.05, 4.69) is 0 Å². The molecule has 0 aliphatic heterocycles. The van der Waals surface area contributed by atoms with Crippen molar-refractivity contribution < 1.29 is 19.1 Å². The molecule has 0 heterocycles. The number of hydrogen-bond acceptors (Lipinski definition) is 7. The van der Waals surface area contributed by atoms with Gasteiger partial charge < -0.3 is 4.74 Å². The molecule has 0 aromatic carbocycles. The Labute approximate surface area is 81.6 Å². The molecule has 0 aliphatic rings. The average Bonchev–Trinajstić information content (AvgIpc) is 2.09. The van der Waals surface area contributed by atoms with E-state index >= 15 is 0 Å². The predicted molar refractivity (Wildman–Crippen MR) is 47.4 cm³/mol. The highest BCUT2D eigenvalue weighted by atomic mass is 16.5. The lowest BCUT2D eigenvalue weighted by atomic mass is 10.8. The Hall–Kier alpha value is -1.90. The van der Waals surface area contributed by atoms with E-state index in [4.69, 9.17) is 35.3 Å². The van der Waals surface area contributed by atoms with E-state index < -0.39 is 0 Å². The van der Waals surface area contributed by atoms with Gasteiger partial charge in [0.2, 0.25) is 18.2 Å². The van der Waals surface area contributed by atoms with Gasteiger partial charge in [0.15, 0.2) is 0 Å². The van der Waals surface area contributed by atoms with Crippen molar-refractivity contribution in [3.8, 4) is 0 Å². The topological polar surface area (TPSA) is 132 Å². The molecule has 0 unspecified atom stereocenters. The zero-order valence-electron chi connectivity index (χ0n) is 8.05. The monoisotopic (exact) mass is 203 g/mol. The number of carbonyl (C=O) groups excluding carboxylic acids is 3. The van der Waals surface area contributed by atoms with Crippen molar-refractivity contribution in [1.29, 1.82) is 16.2 Å². The molecule has 3 N–H and O–H groups in total. The molecule has 80 valence electrons. The summed E-state index contributed by atoms with van der Waals surface area (Å²) >= 11 is 0. The standard InChI is InChI=1S/C4H10O.3CHNO/c1-3-5-4-2;3*2-1-3/h3-4H2,1-2H3;3*2H. The average molecular weight is 203 g/mol. The van der Waals surface area contributed by atoms with Gasteiger partial charge in [0.05, 0.1) is 0 Å². The number of nitrogens with one attached hydrogen (secondary N) is 3. The van der Waals surface area contributed by atoms with Crippen molar-refractivity contribution in [2.45, 2.75) is 13.8 Å². The van der Waals surface area contributed by atoms with Crippen LogP contribution in [0.1, 0.15) is 13.8 Å². The second-order valence-electron chi connectivity index (χ2n) is 1.09. The molecular weight excluding hydrogens is 190 g/mol. The van der Waals surface area contributed by atoms with Crippen LogP contribution >= 0.6 is 0 Å². The van der Waals surface area contributed by atoms with Crippen LogP contribution in [0.15, 0.2) is 0 Å². The molecule has 0 spiro atoms. The first kappa shape index (κ1) is 22.7. The zero-order chi connectivity index (χ0) is 12.2. The largest absolute Gasteiger partial charge is 0.382 e. The van der Waals surface area contributed by atoms with Gasteiger partial charge in [0, 0.05) is 13.2 Å². The second kappa shape index (κ2) is 67.4. The molecule has 0 atom stereocenters. The minimum absolute atomic E-state index is 0.750. The molecule has 0 rings (SSSR count). The minimum atomic E-state index is 0.750. The maximum Gasteiger partial charge on any atom is 0.231 e. The van der Waals surface area contributed by atoms with Crippen LogP contribution in [0.4, 0.5) is 0 Å². The maximum atomic E-state index is 8.35. The van der Waals surface area contributed by atoms with Crippen LogP contribution in [0.25, 0.3) is 0 Å². The zero-order valence-corrected chi connectivity index (χ0v) is 8.05. The van der Waals surface area contributed by atoms with Gasteiger partial charge in [0.25, 0.3) is 0 Å². The summed E-state index contributed by atoms with van der Waals surface area (Å²) in [6.07, 6.45) is 2.25. The van der Waals surface area contributed by atoms with Crippen LogP contribution < -0.4 is 0 Å². The number of rotatable bonds is 2. The van der Waals surface area contributed by atoms with E-state index in [1.807, 2.05) is 13.8 Å². The molecule has 0 saturated heterocycles. The molecule has 7 heteroatoms. The van der Waals surface area contributed by atoms with Gasteiger partial charge in [-0.2, -0.15) is 0 Å². The molecule has 0 fully saturated rings. The van der Waals surface area contributed by atoms with Crippen LogP contribution in [0.3, 0.4) is 0 Å². The number of ether oxygens (including phenoxy) is 1. The lowest BCUT2D eigenvalue weighted by molar-refractivity contribution is 0.162. The highest BCUT2D eigenvalue weighted by Gasteiger charge is 1.64. The summed E-state index contributed by atoms with van der Waals surface area (Å²) in [5.41, 5.74) is 0. The number of hydrogen-bond donors (Lipinski definition) is 3. The van der Waals surface area contributed by atoms with E-state index in [-0.39, 0.29) is 0 Å². The molecule has 0 bridgehead atoms. The van der Waals surface area contributed by atoms with Crippen LogP contribution in [-0.2, 0) is 19.1 Å². The fraction of sp³-hybridized carbons (Fsp3) is 0.571. The summed E-state index contributed by atoms with van der Waals surface area (Å²) in [5, 5.41) is 16.2. The molecular formula is C7H13N3O4. The Kier molecular flexibility index (Phi) is 109. The van der Waals surface area contributed by atoms with Gasteiger partial charge in [-0.3, -0.25) is 0 Å². The maximum absolute atomic E-state index is 8.35. The smallest absolute Gasteiger partial charge is 0.231 e. The summed E-state index contributed by atoms with van der Waals surface area (Å²) in [5.74, 6) is 0. The Morgan fingerprint density at radius 3 is 1.00 bits per heavy atom. The van der Waals surface area contributed by atoms with Crippen LogP contribution in [0, 0.1) is 16.2 Å². The van der Waals surface area contributed by atoms with Crippen LogP contribution in [0.2, 0.25) is 0 Å². The summed E-state index contributed by atoms with van der Waals surface area (Å²) in [4.78, 5) is 25.0. The lowest BCUT2D eigenvalue weighted by Crippen LogP contribution is -1.84. The van der Waals surface area contributed by atoms with Crippen LogP contribution in [0.5, 0.6) is 0 Å². The Balaban J connectivity index is -0.0000000495. The third kappa shape index (κ3) is 83600. The predicted octanol–water partition coefficient (Wildman–Crippen LogP) is 0.746. The van der Waals surface area contributed by atoms with E-state index in [9.17, 15) is 0 Å². The van der Waals surface area contributed by atoms with Gasteiger partial charge in [-0.05, 0) is 13.8 Å². The van der Waals surface area contributed by atoms with Crippen molar-refractivity contribution in [3.05, 3.63) is 0 Å². The molecule has 14 heavy (non-hydrogen) atoms. The highest BCUT2D eigenvalue weighted by molar-refractivity contribution is 5.26. The third-order valence-corrected chi connectivity index (χ3v) is 0.408. The first-order chi connectivity index (χ1) is 6.66. The molecule has 0 aliphatic carbocycles. The lowest BCUT2D eigenvalue weighted by Gasteiger charge is -1.86.